The summed E-state index contributed by atoms with van der Waals surface area (Å²) in [4.78, 5) is 39.7. The lowest BCUT2D eigenvalue weighted by molar-refractivity contribution is -0.0851. The first kappa shape index (κ1) is 14.1. The summed E-state index contributed by atoms with van der Waals surface area (Å²) in [6, 6.07) is 3.61. The first-order valence-corrected chi connectivity index (χ1v) is 8.07. The third kappa shape index (κ3) is 1.92. The fourth-order valence-electron chi connectivity index (χ4n) is 3.68. The molecule has 2 amide bonds. The van der Waals surface area contributed by atoms with Crippen LogP contribution >= 0.6 is 0 Å². The SMILES string of the molecule is O=C(c1[nH]nc2ncccc12)N1CC2(CCN2C(=O)c2cnc[nH]2)C1. The minimum Gasteiger partial charge on any atom is -0.341 e. The average molecular weight is 337 g/mol. The van der Waals surface area contributed by atoms with Crippen molar-refractivity contribution in [2.45, 2.75) is 12.0 Å². The number of hydrogen-bond acceptors (Lipinski definition) is 5. The molecule has 0 bridgehead atoms. The van der Waals surface area contributed by atoms with Crippen LogP contribution in [0.5, 0.6) is 0 Å². The molecule has 25 heavy (non-hydrogen) atoms. The van der Waals surface area contributed by atoms with Crippen molar-refractivity contribution in [2.24, 2.45) is 0 Å². The monoisotopic (exact) mass is 337 g/mol. The van der Waals surface area contributed by atoms with E-state index in [9.17, 15) is 9.59 Å². The molecule has 2 saturated heterocycles. The highest BCUT2D eigenvalue weighted by molar-refractivity contribution is 6.04. The zero-order chi connectivity index (χ0) is 17.0. The number of fused-ring (bicyclic) bond motifs is 1. The predicted molar refractivity (Wildman–Crippen MR) is 86.8 cm³/mol. The van der Waals surface area contributed by atoms with Crippen molar-refractivity contribution in [1.29, 1.82) is 0 Å². The van der Waals surface area contributed by atoms with Gasteiger partial charge in [0.25, 0.3) is 11.8 Å². The Morgan fingerprint density at radius 1 is 1.24 bits per heavy atom. The van der Waals surface area contributed by atoms with Gasteiger partial charge in [0, 0.05) is 25.8 Å². The Morgan fingerprint density at radius 3 is 2.84 bits per heavy atom. The van der Waals surface area contributed by atoms with Crippen LogP contribution in [0.25, 0.3) is 11.0 Å². The smallest absolute Gasteiger partial charge is 0.272 e. The largest absolute Gasteiger partial charge is 0.341 e. The summed E-state index contributed by atoms with van der Waals surface area (Å²) < 4.78 is 0. The van der Waals surface area contributed by atoms with Gasteiger partial charge in [0.15, 0.2) is 5.65 Å². The fourth-order valence-corrected chi connectivity index (χ4v) is 3.68. The first-order chi connectivity index (χ1) is 12.2. The van der Waals surface area contributed by atoms with Gasteiger partial charge in [0.05, 0.1) is 23.4 Å². The number of hydrogen-bond donors (Lipinski definition) is 2. The number of pyridine rings is 1. The molecular weight excluding hydrogens is 322 g/mol. The van der Waals surface area contributed by atoms with Crippen LogP contribution in [0, 0.1) is 0 Å². The average Bonchev–Trinajstić information content (AvgIpc) is 3.22. The molecule has 3 aromatic rings. The maximum Gasteiger partial charge on any atom is 0.272 e. The van der Waals surface area contributed by atoms with Crippen LogP contribution in [-0.2, 0) is 0 Å². The lowest BCUT2D eigenvalue weighted by Gasteiger charge is -2.62. The molecule has 126 valence electrons. The van der Waals surface area contributed by atoms with Gasteiger partial charge < -0.3 is 14.8 Å². The molecule has 2 aliphatic heterocycles. The minimum absolute atomic E-state index is 0.0629. The molecule has 2 fully saturated rings. The molecule has 0 saturated carbocycles. The van der Waals surface area contributed by atoms with E-state index < -0.39 is 0 Å². The number of aromatic nitrogens is 5. The van der Waals surface area contributed by atoms with E-state index in [4.69, 9.17) is 0 Å². The van der Waals surface area contributed by atoms with Crippen LogP contribution in [0.1, 0.15) is 27.4 Å². The molecule has 5 rings (SSSR count). The van der Waals surface area contributed by atoms with Crippen molar-refractivity contribution >= 4 is 22.8 Å². The number of likely N-dealkylation sites (tertiary alicyclic amines) is 2. The second kappa shape index (κ2) is 4.88. The van der Waals surface area contributed by atoms with Gasteiger partial charge in [-0.2, -0.15) is 5.10 Å². The third-order valence-corrected chi connectivity index (χ3v) is 5.15. The van der Waals surface area contributed by atoms with Crippen LogP contribution < -0.4 is 0 Å². The molecule has 0 radical (unpaired) electrons. The second-order valence-corrected chi connectivity index (χ2v) is 6.53. The van der Waals surface area contributed by atoms with Gasteiger partial charge in [-0.1, -0.05) is 0 Å². The molecule has 9 nitrogen and oxygen atoms in total. The molecule has 9 heteroatoms. The molecular formula is C16H15N7O2. The van der Waals surface area contributed by atoms with E-state index in [-0.39, 0.29) is 17.4 Å². The van der Waals surface area contributed by atoms with E-state index in [0.717, 1.165) is 6.42 Å². The molecule has 0 unspecified atom stereocenters. The van der Waals surface area contributed by atoms with Crippen molar-refractivity contribution in [1.82, 2.24) is 34.9 Å². The molecule has 3 aromatic heterocycles. The van der Waals surface area contributed by atoms with E-state index in [2.05, 4.69) is 25.1 Å². The zero-order valence-electron chi connectivity index (χ0n) is 13.3. The van der Waals surface area contributed by atoms with Crippen molar-refractivity contribution in [3.63, 3.8) is 0 Å². The summed E-state index contributed by atoms with van der Waals surface area (Å²) in [5.74, 6) is -0.172. The van der Waals surface area contributed by atoms with E-state index in [1.165, 1.54) is 12.5 Å². The second-order valence-electron chi connectivity index (χ2n) is 6.53. The van der Waals surface area contributed by atoms with Crippen LogP contribution in [0.3, 0.4) is 0 Å². The molecule has 0 aliphatic carbocycles. The van der Waals surface area contributed by atoms with E-state index in [1.807, 2.05) is 11.0 Å². The Kier molecular flexibility index (Phi) is 2.76. The highest BCUT2D eigenvalue weighted by Gasteiger charge is 2.57. The summed E-state index contributed by atoms with van der Waals surface area (Å²) >= 11 is 0. The lowest BCUT2D eigenvalue weighted by Crippen LogP contribution is -2.78. The van der Waals surface area contributed by atoms with Crippen LogP contribution in [0.2, 0.25) is 0 Å². The number of nitrogens with one attached hydrogen (secondary N) is 2. The highest BCUT2D eigenvalue weighted by atomic mass is 16.2. The predicted octanol–water partition coefficient (Wildman–Crippen LogP) is 0.422. The van der Waals surface area contributed by atoms with Gasteiger partial charge in [0.1, 0.15) is 11.4 Å². The van der Waals surface area contributed by atoms with Gasteiger partial charge in [-0.05, 0) is 18.6 Å². The molecule has 0 atom stereocenters. The third-order valence-electron chi connectivity index (χ3n) is 5.15. The van der Waals surface area contributed by atoms with Gasteiger partial charge in [0.2, 0.25) is 0 Å². The Hall–Kier alpha value is -3.23. The zero-order valence-corrected chi connectivity index (χ0v) is 13.3. The number of carbonyl (C=O) groups excluding carboxylic acids is 2. The standard InChI is InChI=1S/C16H15N7O2/c24-14(11-6-17-9-19-11)23-5-3-16(23)7-22(8-16)15(25)12-10-2-1-4-18-13(10)21-20-12/h1-2,4,6,9H,3,5,7-8H2,(H,17,19)(H,18,20,21). The summed E-state index contributed by atoms with van der Waals surface area (Å²) in [6.07, 6.45) is 5.57. The van der Waals surface area contributed by atoms with Crippen LogP contribution in [0.15, 0.2) is 30.9 Å². The molecule has 5 heterocycles. The maximum atomic E-state index is 12.7. The van der Waals surface area contributed by atoms with Crippen molar-refractivity contribution in [3.8, 4) is 0 Å². The van der Waals surface area contributed by atoms with E-state index in [1.54, 1.807) is 17.2 Å². The van der Waals surface area contributed by atoms with Crippen molar-refractivity contribution in [2.75, 3.05) is 19.6 Å². The van der Waals surface area contributed by atoms with E-state index in [0.29, 0.717) is 42.1 Å². The number of carbonyl (C=O) groups is 2. The molecule has 1 spiro atoms. The van der Waals surface area contributed by atoms with Gasteiger partial charge >= 0.3 is 0 Å². The van der Waals surface area contributed by atoms with Crippen LogP contribution in [0.4, 0.5) is 0 Å². The number of aromatic amines is 2. The fraction of sp³-hybridized carbons (Fsp3) is 0.312. The summed E-state index contributed by atoms with van der Waals surface area (Å²) in [6.45, 7) is 1.77. The van der Waals surface area contributed by atoms with Crippen molar-refractivity contribution in [3.05, 3.63) is 42.2 Å². The van der Waals surface area contributed by atoms with Gasteiger partial charge in [-0.25, -0.2) is 9.97 Å². The number of amides is 2. The number of rotatable bonds is 2. The summed E-state index contributed by atoms with van der Waals surface area (Å²) in [7, 11) is 0. The summed E-state index contributed by atoms with van der Waals surface area (Å²) in [5, 5.41) is 7.57. The quantitative estimate of drug-likeness (QED) is 0.704. The Labute approximate surface area is 142 Å². The Bertz CT molecular complexity index is 971. The first-order valence-electron chi connectivity index (χ1n) is 8.07. The van der Waals surface area contributed by atoms with Crippen LogP contribution in [-0.4, -0.2) is 71.9 Å². The molecule has 0 aromatic carbocycles. The van der Waals surface area contributed by atoms with Gasteiger partial charge in [-0.3, -0.25) is 14.7 Å². The van der Waals surface area contributed by atoms with Gasteiger partial charge in [-0.15, -0.1) is 0 Å². The minimum atomic E-state index is -0.244. The molecule has 2 N–H and O–H groups in total. The summed E-state index contributed by atoms with van der Waals surface area (Å²) in [5.41, 5.74) is 1.21. The highest BCUT2D eigenvalue weighted by Crippen LogP contribution is 2.40. The number of nitrogens with zero attached hydrogens (tertiary/aromatic N) is 5. The maximum absolute atomic E-state index is 12.7. The topological polar surface area (TPSA) is 111 Å². The lowest BCUT2D eigenvalue weighted by atomic mass is 9.77. The number of H-pyrrole nitrogens is 2. The van der Waals surface area contributed by atoms with E-state index >= 15 is 0 Å². The normalized spacial score (nSPS) is 18.2. The Morgan fingerprint density at radius 2 is 2.12 bits per heavy atom. The molecule has 2 aliphatic rings. The Balaban J connectivity index is 1.33. The number of imidazole rings is 1. The van der Waals surface area contributed by atoms with Crippen molar-refractivity contribution < 1.29 is 9.59 Å².